The summed E-state index contributed by atoms with van der Waals surface area (Å²) < 4.78 is 0. The topological polar surface area (TPSA) is 35.6 Å². The Balaban J connectivity index is 1.81. The Bertz CT molecular complexity index is 291. The fraction of sp³-hybridized carbons (Fsp3) is 0.933. The zero-order chi connectivity index (χ0) is 13.7. The fourth-order valence-corrected chi connectivity index (χ4v) is 3.55. The molecular formula is C15H29N3O. The zero-order valence-corrected chi connectivity index (χ0v) is 12.5. The molecule has 2 aliphatic rings. The van der Waals surface area contributed by atoms with E-state index in [1.54, 1.807) is 0 Å². The predicted octanol–water partition coefficient (Wildman–Crippen LogP) is 1.46. The summed E-state index contributed by atoms with van der Waals surface area (Å²) in [5.41, 5.74) is 0. The third kappa shape index (κ3) is 3.93. The van der Waals surface area contributed by atoms with Crippen LogP contribution in [0.25, 0.3) is 0 Å². The largest absolute Gasteiger partial charge is 0.351 e. The second-order valence-electron chi connectivity index (χ2n) is 5.88. The van der Waals surface area contributed by atoms with Gasteiger partial charge in [-0.05, 0) is 38.9 Å². The minimum atomic E-state index is 0.228. The molecule has 110 valence electrons. The fourth-order valence-electron chi connectivity index (χ4n) is 3.55. The van der Waals surface area contributed by atoms with E-state index in [9.17, 15) is 4.79 Å². The first-order valence-electron chi connectivity index (χ1n) is 8.00. The van der Waals surface area contributed by atoms with E-state index in [0.717, 1.165) is 26.2 Å². The molecule has 1 N–H and O–H groups in total. The lowest BCUT2D eigenvalue weighted by molar-refractivity contribution is -0.128. The van der Waals surface area contributed by atoms with Gasteiger partial charge in [0, 0.05) is 18.6 Å². The molecule has 0 bridgehead atoms. The van der Waals surface area contributed by atoms with Crippen LogP contribution in [0.3, 0.4) is 0 Å². The molecule has 1 amide bonds. The minimum absolute atomic E-state index is 0.228. The highest BCUT2D eigenvalue weighted by atomic mass is 16.2. The maximum Gasteiger partial charge on any atom is 0.234 e. The third-order valence-corrected chi connectivity index (χ3v) is 4.71. The van der Waals surface area contributed by atoms with Crippen molar-refractivity contribution in [2.45, 2.75) is 58.0 Å². The summed E-state index contributed by atoms with van der Waals surface area (Å²) in [6.07, 6.45) is 6.20. The van der Waals surface area contributed by atoms with Crippen molar-refractivity contribution in [2.75, 3.05) is 32.7 Å². The van der Waals surface area contributed by atoms with E-state index in [4.69, 9.17) is 0 Å². The van der Waals surface area contributed by atoms with Crippen LogP contribution < -0.4 is 5.32 Å². The molecule has 1 saturated carbocycles. The molecule has 1 aliphatic heterocycles. The van der Waals surface area contributed by atoms with E-state index >= 15 is 0 Å². The molecule has 0 aromatic heterocycles. The van der Waals surface area contributed by atoms with Gasteiger partial charge in [-0.25, -0.2) is 0 Å². The Hall–Kier alpha value is -0.610. The lowest BCUT2D eigenvalue weighted by atomic mass is 9.87. The number of rotatable bonds is 6. The van der Waals surface area contributed by atoms with Crippen molar-refractivity contribution in [1.29, 1.82) is 0 Å². The quantitative estimate of drug-likeness (QED) is 0.791. The maximum atomic E-state index is 11.8. The summed E-state index contributed by atoms with van der Waals surface area (Å²) >= 11 is 0. The van der Waals surface area contributed by atoms with Crippen LogP contribution in [0.2, 0.25) is 0 Å². The van der Waals surface area contributed by atoms with Crippen molar-refractivity contribution in [3.05, 3.63) is 0 Å². The minimum Gasteiger partial charge on any atom is -0.351 e. The van der Waals surface area contributed by atoms with Crippen molar-refractivity contribution < 1.29 is 4.79 Å². The number of hydrogen-bond acceptors (Lipinski definition) is 3. The molecule has 0 spiro atoms. The average Bonchev–Trinajstić information content (AvgIpc) is 2.43. The van der Waals surface area contributed by atoms with E-state index in [1.807, 2.05) is 0 Å². The summed E-state index contributed by atoms with van der Waals surface area (Å²) in [5.74, 6) is 0.228. The molecule has 0 radical (unpaired) electrons. The van der Waals surface area contributed by atoms with Crippen LogP contribution in [0, 0.1) is 0 Å². The number of carbonyl (C=O) groups excluding carboxylic acids is 1. The van der Waals surface area contributed by atoms with Crippen LogP contribution in [0.1, 0.15) is 46.0 Å². The highest BCUT2D eigenvalue weighted by molar-refractivity contribution is 5.79. The first-order chi connectivity index (χ1) is 9.24. The molecule has 0 aromatic rings. The molecule has 1 aliphatic carbocycles. The Morgan fingerprint density at radius 1 is 1.26 bits per heavy atom. The van der Waals surface area contributed by atoms with Crippen LogP contribution in [0.15, 0.2) is 0 Å². The lowest BCUT2D eigenvalue weighted by Gasteiger charge is -2.44. The molecule has 0 aromatic carbocycles. The predicted molar refractivity (Wildman–Crippen MR) is 78.2 cm³/mol. The van der Waals surface area contributed by atoms with E-state index in [-0.39, 0.29) is 5.91 Å². The maximum absolute atomic E-state index is 11.8. The van der Waals surface area contributed by atoms with Crippen molar-refractivity contribution in [3.63, 3.8) is 0 Å². The normalized spacial score (nSPS) is 28.3. The van der Waals surface area contributed by atoms with E-state index in [2.05, 4.69) is 29.0 Å². The van der Waals surface area contributed by atoms with Gasteiger partial charge in [-0.3, -0.25) is 9.69 Å². The standard InChI is InChI=1S/C15H29N3O/c1-3-17(4-2)10-7-11-18-12-15(19)16-13-8-5-6-9-14(13)18/h13-14H,3-12H2,1-2H3,(H,16,19)/t13-,14-/m0/s1. The second-order valence-corrected chi connectivity index (χ2v) is 5.88. The number of fused-ring (bicyclic) bond motifs is 1. The Morgan fingerprint density at radius 3 is 2.74 bits per heavy atom. The van der Waals surface area contributed by atoms with Crippen LogP contribution >= 0.6 is 0 Å². The molecule has 2 rings (SSSR count). The van der Waals surface area contributed by atoms with Gasteiger partial charge in [0.05, 0.1) is 6.54 Å². The number of hydrogen-bond donors (Lipinski definition) is 1. The zero-order valence-electron chi connectivity index (χ0n) is 12.5. The molecule has 0 unspecified atom stereocenters. The molecule has 2 atom stereocenters. The summed E-state index contributed by atoms with van der Waals surface area (Å²) in [5, 5.41) is 3.18. The van der Waals surface area contributed by atoms with Gasteiger partial charge in [-0.1, -0.05) is 26.7 Å². The Morgan fingerprint density at radius 2 is 2.00 bits per heavy atom. The molecule has 4 nitrogen and oxygen atoms in total. The Labute approximate surface area is 117 Å². The Kier molecular flexibility index (Phi) is 5.64. The molecule has 1 heterocycles. The van der Waals surface area contributed by atoms with Gasteiger partial charge in [-0.2, -0.15) is 0 Å². The number of carbonyl (C=O) groups is 1. The van der Waals surface area contributed by atoms with Gasteiger partial charge in [0.15, 0.2) is 0 Å². The van der Waals surface area contributed by atoms with Gasteiger partial charge in [0.1, 0.15) is 0 Å². The highest BCUT2D eigenvalue weighted by Gasteiger charge is 2.35. The first kappa shape index (κ1) is 14.8. The van der Waals surface area contributed by atoms with Crippen LogP contribution in [-0.2, 0) is 4.79 Å². The molecule has 1 saturated heterocycles. The second kappa shape index (κ2) is 7.25. The van der Waals surface area contributed by atoms with E-state index in [0.29, 0.717) is 18.6 Å². The van der Waals surface area contributed by atoms with Crippen LogP contribution in [0.5, 0.6) is 0 Å². The summed E-state index contributed by atoms with van der Waals surface area (Å²) in [6.45, 7) is 9.53. The van der Waals surface area contributed by atoms with Gasteiger partial charge in [0.25, 0.3) is 0 Å². The third-order valence-electron chi connectivity index (χ3n) is 4.71. The van der Waals surface area contributed by atoms with Gasteiger partial charge in [-0.15, -0.1) is 0 Å². The van der Waals surface area contributed by atoms with Crippen LogP contribution in [-0.4, -0.2) is 60.5 Å². The summed E-state index contributed by atoms with van der Waals surface area (Å²) in [6, 6.07) is 1.02. The van der Waals surface area contributed by atoms with Crippen molar-refractivity contribution in [3.8, 4) is 0 Å². The number of piperazine rings is 1. The van der Waals surface area contributed by atoms with Crippen molar-refractivity contribution in [2.24, 2.45) is 0 Å². The summed E-state index contributed by atoms with van der Waals surface area (Å²) in [4.78, 5) is 16.7. The van der Waals surface area contributed by atoms with Gasteiger partial charge < -0.3 is 10.2 Å². The smallest absolute Gasteiger partial charge is 0.234 e. The number of nitrogens with zero attached hydrogens (tertiary/aromatic N) is 2. The average molecular weight is 267 g/mol. The van der Waals surface area contributed by atoms with Crippen molar-refractivity contribution >= 4 is 5.91 Å². The molecule has 4 heteroatoms. The number of nitrogens with one attached hydrogen (secondary N) is 1. The SMILES string of the molecule is CCN(CC)CCCN1CC(=O)N[C@H]2CCCC[C@@H]21. The molecule has 19 heavy (non-hydrogen) atoms. The monoisotopic (exact) mass is 267 g/mol. The van der Waals surface area contributed by atoms with Gasteiger partial charge >= 0.3 is 0 Å². The van der Waals surface area contributed by atoms with Gasteiger partial charge in [0.2, 0.25) is 5.91 Å². The first-order valence-corrected chi connectivity index (χ1v) is 8.00. The summed E-state index contributed by atoms with van der Waals surface area (Å²) in [7, 11) is 0. The van der Waals surface area contributed by atoms with E-state index in [1.165, 1.54) is 32.1 Å². The van der Waals surface area contributed by atoms with Crippen LogP contribution in [0.4, 0.5) is 0 Å². The van der Waals surface area contributed by atoms with Crippen molar-refractivity contribution in [1.82, 2.24) is 15.1 Å². The highest BCUT2D eigenvalue weighted by Crippen LogP contribution is 2.25. The molecular weight excluding hydrogens is 238 g/mol. The van der Waals surface area contributed by atoms with E-state index < -0.39 is 0 Å². The number of amides is 1. The lowest BCUT2D eigenvalue weighted by Crippen LogP contribution is -2.61. The molecule has 2 fully saturated rings.